The molecule has 0 spiro atoms. The molecule has 4 heteroatoms. The van der Waals surface area contributed by atoms with Gasteiger partial charge in [0, 0.05) is 18.1 Å². The Bertz CT molecular complexity index is 844. The van der Waals surface area contributed by atoms with Crippen LogP contribution < -0.4 is 4.74 Å². The van der Waals surface area contributed by atoms with Gasteiger partial charge in [-0.3, -0.25) is 0 Å². The van der Waals surface area contributed by atoms with Crippen molar-refractivity contribution in [1.82, 2.24) is 0 Å². The van der Waals surface area contributed by atoms with Crippen molar-refractivity contribution in [3.8, 4) is 16.9 Å². The summed E-state index contributed by atoms with van der Waals surface area (Å²) in [5.74, 6) is 0.310. The maximum absolute atomic E-state index is 14.7. The van der Waals surface area contributed by atoms with Crippen LogP contribution in [-0.4, -0.2) is 20.3 Å². The largest absolute Gasteiger partial charge is 0.497 e. The van der Waals surface area contributed by atoms with Crippen molar-refractivity contribution in [3.63, 3.8) is 0 Å². The van der Waals surface area contributed by atoms with Crippen LogP contribution in [0.4, 0.5) is 4.39 Å². The molecule has 0 aliphatic carbocycles. The van der Waals surface area contributed by atoms with Crippen molar-refractivity contribution in [3.05, 3.63) is 66.0 Å². The van der Waals surface area contributed by atoms with E-state index >= 15 is 0 Å². The molecule has 1 fully saturated rings. The quantitative estimate of drug-likeness (QED) is 0.452. The van der Waals surface area contributed by atoms with E-state index in [1.54, 1.807) is 26.4 Å². The summed E-state index contributed by atoms with van der Waals surface area (Å²) in [6.07, 6.45) is 1.86. The fourth-order valence-electron chi connectivity index (χ4n) is 3.53. The summed E-state index contributed by atoms with van der Waals surface area (Å²) in [6, 6.07) is 10.8. The minimum atomic E-state index is -0.340. The molecule has 3 unspecified atom stereocenters. The highest BCUT2D eigenvalue weighted by atomic mass is 19.1. The number of halogens is 1. The number of benzene rings is 2. The molecule has 0 radical (unpaired) electrons. The second-order valence-electron chi connectivity index (χ2n) is 7.60. The molecule has 0 amide bonds. The van der Waals surface area contributed by atoms with Gasteiger partial charge in [0.15, 0.2) is 0 Å². The smallest absolute Gasteiger partial charge is 0.131 e. The van der Waals surface area contributed by atoms with Crippen molar-refractivity contribution < 1.29 is 18.6 Å². The Morgan fingerprint density at radius 1 is 1.15 bits per heavy atom. The molecule has 1 aliphatic heterocycles. The summed E-state index contributed by atoms with van der Waals surface area (Å²) >= 11 is 0. The van der Waals surface area contributed by atoms with Crippen LogP contribution in [0.2, 0.25) is 0 Å². The van der Waals surface area contributed by atoms with E-state index in [0.29, 0.717) is 11.3 Å². The van der Waals surface area contributed by atoms with Gasteiger partial charge >= 0.3 is 0 Å². The van der Waals surface area contributed by atoms with Crippen LogP contribution in [-0.2, 0) is 9.47 Å². The van der Waals surface area contributed by atoms with Gasteiger partial charge in [-0.25, -0.2) is 4.39 Å². The van der Waals surface area contributed by atoms with Gasteiger partial charge in [-0.05, 0) is 47.9 Å². The van der Waals surface area contributed by atoms with Crippen molar-refractivity contribution >= 4 is 0 Å². The molecule has 3 rings (SSSR count). The number of hydrogen-bond donors (Lipinski definition) is 0. The van der Waals surface area contributed by atoms with Gasteiger partial charge in [0.25, 0.3) is 0 Å². The standard InChI is InChI=1S/C23H27FO3/c1-7-23(3,4)22(26-6)19-12-15(21-14(2)27-21)8-10-17(19)18-13-16(25-5)9-11-20(18)24/h7-14,21-22H,1H2,2-6H3. The predicted octanol–water partition coefficient (Wildman–Crippen LogP) is 5.86. The van der Waals surface area contributed by atoms with E-state index in [2.05, 4.69) is 26.5 Å². The minimum absolute atomic E-state index is 0.0808. The van der Waals surface area contributed by atoms with Crippen LogP contribution >= 0.6 is 0 Å². The molecule has 0 N–H and O–H groups in total. The fraction of sp³-hybridized carbons (Fsp3) is 0.391. The fourth-order valence-corrected chi connectivity index (χ4v) is 3.53. The summed E-state index contributed by atoms with van der Waals surface area (Å²) in [5.41, 5.74) is 2.92. The molecule has 27 heavy (non-hydrogen) atoms. The molecule has 1 saturated heterocycles. The Morgan fingerprint density at radius 3 is 2.41 bits per heavy atom. The summed E-state index contributed by atoms with van der Waals surface area (Å²) in [6.45, 7) is 10.1. The Labute approximate surface area is 160 Å². The molecule has 2 aromatic carbocycles. The van der Waals surface area contributed by atoms with Crippen LogP contribution in [0.1, 0.15) is 44.1 Å². The van der Waals surface area contributed by atoms with Gasteiger partial charge in [0.05, 0.1) is 19.3 Å². The van der Waals surface area contributed by atoms with Gasteiger partial charge in [0.2, 0.25) is 0 Å². The third-order valence-electron chi connectivity index (χ3n) is 5.30. The van der Waals surface area contributed by atoms with Crippen molar-refractivity contribution in [2.45, 2.75) is 39.1 Å². The van der Waals surface area contributed by atoms with Crippen molar-refractivity contribution in [2.75, 3.05) is 14.2 Å². The van der Waals surface area contributed by atoms with E-state index in [0.717, 1.165) is 16.7 Å². The zero-order valence-electron chi connectivity index (χ0n) is 16.6. The maximum Gasteiger partial charge on any atom is 0.131 e. The molecule has 3 nitrogen and oxygen atoms in total. The lowest BCUT2D eigenvalue weighted by molar-refractivity contribution is 0.0306. The minimum Gasteiger partial charge on any atom is -0.497 e. The number of methoxy groups -OCH3 is 2. The van der Waals surface area contributed by atoms with Gasteiger partial charge in [-0.1, -0.05) is 32.1 Å². The first-order valence-electron chi connectivity index (χ1n) is 9.12. The molecule has 0 aromatic heterocycles. The number of rotatable bonds is 7. The third kappa shape index (κ3) is 3.78. The summed E-state index contributed by atoms with van der Waals surface area (Å²) < 4.78 is 31.5. The van der Waals surface area contributed by atoms with Gasteiger partial charge in [-0.15, -0.1) is 6.58 Å². The number of hydrogen-bond acceptors (Lipinski definition) is 3. The van der Waals surface area contributed by atoms with Gasteiger partial charge < -0.3 is 14.2 Å². The summed E-state index contributed by atoms with van der Waals surface area (Å²) in [5, 5.41) is 0. The molecule has 1 heterocycles. The van der Waals surface area contributed by atoms with E-state index in [1.165, 1.54) is 6.07 Å². The van der Waals surface area contributed by atoms with Crippen LogP contribution in [0.5, 0.6) is 5.75 Å². The first kappa shape index (κ1) is 19.6. The molecule has 1 aliphatic rings. The van der Waals surface area contributed by atoms with E-state index in [4.69, 9.17) is 14.2 Å². The van der Waals surface area contributed by atoms with E-state index in [1.807, 2.05) is 25.1 Å². The topological polar surface area (TPSA) is 31.0 Å². The van der Waals surface area contributed by atoms with Crippen LogP contribution in [0.25, 0.3) is 11.1 Å². The van der Waals surface area contributed by atoms with Crippen LogP contribution in [0, 0.1) is 11.2 Å². The highest BCUT2D eigenvalue weighted by Gasteiger charge is 2.37. The van der Waals surface area contributed by atoms with Crippen LogP contribution in [0.3, 0.4) is 0 Å². The Morgan fingerprint density at radius 2 is 1.85 bits per heavy atom. The molecule has 144 valence electrons. The van der Waals surface area contributed by atoms with Crippen molar-refractivity contribution in [1.29, 1.82) is 0 Å². The zero-order chi connectivity index (χ0) is 19.8. The van der Waals surface area contributed by atoms with E-state index in [-0.39, 0.29) is 29.5 Å². The van der Waals surface area contributed by atoms with Gasteiger partial charge in [-0.2, -0.15) is 0 Å². The molecular formula is C23H27FO3. The first-order chi connectivity index (χ1) is 12.8. The summed E-state index contributed by atoms with van der Waals surface area (Å²) in [7, 11) is 3.25. The van der Waals surface area contributed by atoms with E-state index in [9.17, 15) is 4.39 Å². The monoisotopic (exact) mass is 370 g/mol. The second kappa shape index (κ2) is 7.45. The zero-order valence-corrected chi connectivity index (χ0v) is 16.6. The predicted molar refractivity (Wildman–Crippen MR) is 105 cm³/mol. The lowest BCUT2D eigenvalue weighted by Crippen LogP contribution is -2.22. The maximum atomic E-state index is 14.7. The van der Waals surface area contributed by atoms with Gasteiger partial charge in [0.1, 0.15) is 17.7 Å². The molecule has 3 atom stereocenters. The average molecular weight is 370 g/mol. The lowest BCUT2D eigenvalue weighted by atomic mass is 9.79. The highest BCUT2D eigenvalue weighted by molar-refractivity contribution is 5.71. The van der Waals surface area contributed by atoms with E-state index < -0.39 is 0 Å². The SMILES string of the molecule is C=CC(C)(C)C(OC)c1cc(C2OC2C)ccc1-c1cc(OC)ccc1F. The Kier molecular flexibility index (Phi) is 5.41. The number of epoxide rings is 1. The lowest BCUT2D eigenvalue weighted by Gasteiger charge is -2.32. The number of ether oxygens (including phenoxy) is 3. The average Bonchev–Trinajstić information content (AvgIpc) is 3.39. The second-order valence-corrected chi connectivity index (χ2v) is 7.60. The van der Waals surface area contributed by atoms with Crippen LogP contribution in [0.15, 0.2) is 49.1 Å². The molecule has 0 bridgehead atoms. The third-order valence-corrected chi connectivity index (χ3v) is 5.30. The molecular weight excluding hydrogens is 343 g/mol. The Hall–Kier alpha value is -2.17. The Balaban J connectivity index is 2.20. The molecule has 0 saturated carbocycles. The van der Waals surface area contributed by atoms with Crippen molar-refractivity contribution in [2.24, 2.45) is 5.41 Å². The molecule has 2 aromatic rings. The highest BCUT2D eigenvalue weighted by Crippen LogP contribution is 2.46. The first-order valence-corrected chi connectivity index (χ1v) is 9.12. The summed E-state index contributed by atoms with van der Waals surface area (Å²) in [4.78, 5) is 0. The normalized spacial score (nSPS) is 20.2.